The van der Waals surface area contributed by atoms with E-state index in [1.807, 2.05) is 7.05 Å². The molecule has 29 heavy (non-hydrogen) atoms. The van der Waals surface area contributed by atoms with E-state index in [0.29, 0.717) is 45.6 Å². The van der Waals surface area contributed by atoms with Crippen molar-refractivity contribution in [3.05, 3.63) is 0 Å². The van der Waals surface area contributed by atoms with Crippen LogP contribution < -0.4 is 10.6 Å². The Labute approximate surface area is 174 Å². The van der Waals surface area contributed by atoms with E-state index in [9.17, 15) is 14.9 Å². The predicted octanol–water partition coefficient (Wildman–Crippen LogP) is 1.72. The zero-order valence-electron chi connectivity index (χ0n) is 18.4. The van der Waals surface area contributed by atoms with E-state index in [-0.39, 0.29) is 17.4 Å². The van der Waals surface area contributed by atoms with E-state index in [1.54, 1.807) is 4.90 Å². The maximum atomic E-state index is 13.1. The SMILES string of the molecule is CCC(C)(C)CC[C@@H](NC(=O)N1CCOCC1)C(=O)NC1(C#N)CCN(C)CC1. The average molecular weight is 408 g/mol. The minimum absolute atomic E-state index is 0.0860. The van der Waals surface area contributed by atoms with Gasteiger partial charge in [0.15, 0.2) is 0 Å². The normalized spacial score (nSPS) is 21.1. The average Bonchev–Trinajstić information content (AvgIpc) is 2.73. The van der Waals surface area contributed by atoms with Crippen LogP contribution in [0.3, 0.4) is 0 Å². The summed E-state index contributed by atoms with van der Waals surface area (Å²) in [6.45, 7) is 10.1. The number of nitrogens with one attached hydrogen (secondary N) is 2. The molecule has 0 aromatic heterocycles. The molecule has 0 radical (unpaired) electrons. The highest BCUT2D eigenvalue weighted by Crippen LogP contribution is 2.27. The van der Waals surface area contributed by atoms with Gasteiger partial charge in [0, 0.05) is 26.2 Å². The molecular formula is C21H37N5O3. The van der Waals surface area contributed by atoms with Gasteiger partial charge in [0.1, 0.15) is 11.6 Å². The number of morpholine rings is 1. The van der Waals surface area contributed by atoms with E-state index < -0.39 is 11.6 Å². The van der Waals surface area contributed by atoms with Gasteiger partial charge >= 0.3 is 6.03 Å². The number of carbonyl (C=O) groups is 2. The Kier molecular flexibility index (Phi) is 8.29. The van der Waals surface area contributed by atoms with Crippen molar-refractivity contribution in [3.63, 3.8) is 0 Å². The summed E-state index contributed by atoms with van der Waals surface area (Å²) in [5, 5.41) is 15.7. The van der Waals surface area contributed by atoms with Crippen LogP contribution in [0.15, 0.2) is 0 Å². The summed E-state index contributed by atoms with van der Waals surface area (Å²) in [5.41, 5.74) is -0.769. The lowest BCUT2D eigenvalue weighted by Crippen LogP contribution is -2.60. The molecule has 2 aliphatic rings. The number of hydrogen-bond donors (Lipinski definition) is 2. The predicted molar refractivity (Wildman–Crippen MR) is 111 cm³/mol. The summed E-state index contributed by atoms with van der Waals surface area (Å²) >= 11 is 0. The Bertz CT molecular complexity index is 602. The van der Waals surface area contributed by atoms with Crippen molar-refractivity contribution in [2.45, 2.75) is 64.5 Å². The Morgan fingerprint density at radius 1 is 1.21 bits per heavy atom. The number of amides is 3. The summed E-state index contributed by atoms with van der Waals surface area (Å²) in [7, 11) is 2.02. The number of nitrogens with zero attached hydrogens (tertiary/aromatic N) is 3. The molecule has 0 unspecified atom stereocenters. The van der Waals surface area contributed by atoms with Crippen molar-refractivity contribution in [1.29, 1.82) is 5.26 Å². The topological polar surface area (TPSA) is 97.7 Å². The van der Waals surface area contributed by atoms with Crippen LogP contribution in [-0.4, -0.2) is 79.8 Å². The summed E-state index contributed by atoms with van der Waals surface area (Å²) < 4.78 is 5.31. The lowest BCUT2D eigenvalue weighted by atomic mass is 9.83. The van der Waals surface area contributed by atoms with E-state index in [2.05, 4.69) is 42.4 Å². The smallest absolute Gasteiger partial charge is 0.318 e. The molecule has 0 spiro atoms. The zero-order valence-corrected chi connectivity index (χ0v) is 18.4. The Morgan fingerprint density at radius 2 is 1.83 bits per heavy atom. The number of nitriles is 1. The lowest BCUT2D eigenvalue weighted by Gasteiger charge is -2.37. The summed E-state index contributed by atoms with van der Waals surface area (Å²) in [4.78, 5) is 29.7. The van der Waals surface area contributed by atoms with Crippen molar-refractivity contribution >= 4 is 11.9 Å². The van der Waals surface area contributed by atoms with Crippen LogP contribution in [0.4, 0.5) is 4.79 Å². The van der Waals surface area contributed by atoms with Crippen LogP contribution in [-0.2, 0) is 9.53 Å². The largest absolute Gasteiger partial charge is 0.378 e. The van der Waals surface area contributed by atoms with Crippen molar-refractivity contribution in [1.82, 2.24) is 20.4 Å². The number of ether oxygens (including phenoxy) is 1. The van der Waals surface area contributed by atoms with Crippen LogP contribution in [0.1, 0.15) is 52.9 Å². The molecule has 2 heterocycles. The number of rotatable bonds is 7. The van der Waals surface area contributed by atoms with Gasteiger partial charge in [-0.25, -0.2) is 4.79 Å². The van der Waals surface area contributed by atoms with Crippen molar-refractivity contribution in [2.75, 3.05) is 46.4 Å². The van der Waals surface area contributed by atoms with Crippen LogP contribution in [0, 0.1) is 16.7 Å². The minimum Gasteiger partial charge on any atom is -0.378 e. The van der Waals surface area contributed by atoms with E-state index >= 15 is 0 Å². The van der Waals surface area contributed by atoms with Gasteiger partial charge in [-0.15, -0.1) is 0 Å². The first kappa shape index (κ1) is 23.4. The fourth-order valence-electron chi connectivity index (χ4n) is 3.58. The first-order valence-corrected chi connectivity index (χ1v) is 10.8. The maximum Gasteiger partial charge on any atom is 0.318 e. The highest BCUT2D eigenvalue weighted by atomic mass is 16.5. The lowest BCUT2D eigenvalue weighted by molar-refractivity contribution is -0.125. The van der Waals surface area contributed by atoms with Crippen LogP contribution >= 0.6 is 0 Å². The fraction of sp³-hybridized carbons (Fsp3) is 0.857. The summed E-state index contributed by atoms with van der Waals surface area (Å²) in [5.74, 6) is -0.260. The second-order valence-electron chi connectivity index (χ2n) is 9.14. The van der Waals surface area contributed by atoms with Gasteiger partial charge in [-0.3, -0.25) is 4.79 Å². The first-order valence-electron chi connectivity index (χ1n) is 10.8. The fourth-order valence-corrected chi connectivity index (χ4v) is 3.58. The van der Waals surface area contributed by atoms with Gasteiger partial charge in [-0.2, -0.15) is 5.26 Å². The number of hydrogen-bond acceptors (Lipinski definition) is 5. The number of likely N-dealkylation sites (tertiary alicyclic amines) is 1. The van der Waals surface area contributed by atoms with Crippen molar-refractivity contribution in [2.24, 2.45) is 5.41 Å². The third kappa shape index (κ3) is 6.86. The van der Waals surface area contributed by atoms with Gasteiger partial charge in [0.2, 0.25) is 5.91 Å². The van der Waals surface area contributed by atoms with Crippen LogP contribution in [0.25, 0.3) is 0 Å². The molecule has 1 atom stereocenters. The molecule has 2 N–H and O–H groups in total. The van der Waals surface area contributed by atoms with Gasteiger partial charge in [-0.1, -0.05) is 27.2 Å². The van der Waals surface area contributed by atoms with Crippen molar-refractivity contribution in [3.8, 4) is 6.07 Å². The van der Waals surface area contributed by atoms with Gasteiger partial charge < -0.3 is 25.2 Å². The second kappa shape index (κ2) is 10.3. The Balaban J connectivity index is 2.06. The van der Waals surface area contributed by atoms with Gasteiger partial charge in [0.05, 0.1) is 19.3 Å². The van der Waals surface area contributed by atoms with E-state index in [4.69, 9.17) is 4.74 Å². The molecule has 0 bridgehead atoms. The molecule has 0 aliphatic carbocycles. The second-order valence-corrected chi connectivity index (χ2v) is 9.14. The minimum atomic E-state index is -0.855. The first-order chi connectivity index (χ1) is 13.7. The molecule has 0 aromatic carbocycles. The zero-order chi connectivity index (χ0) is 21.5. The Morgan fingerprint density at radius 3 is 2.38 bits per heavy atom. The van der Waals surface area contributed by atoms with Gasteiger partial charge in [-0.05, 0) is 38.1 Å². The van der Waals surface area contributed by atoms with Crippen LogP contribution in [0.5, 0.6) is 0 Å². The highest BCUT2D eigenvalue weighted by molar-refractivity contribution is 5.87. The molecular weight excluding hydrogens is 370 g/mol. The molecule has 2 aliphatic heterocycles. The third-order valence-corrected chi connectivity index (χ3v) is 6.40. The van der Waals surface area contributed by atoms with E-state index in [0.717, 1.165) is 25.9 Å². The molecule has 2 rings (SSSR count). The standard InChI is InChI=1S/C21H37N5O3/c1-5-20(2,3)7-6-17(23-19(28)26-12-14-29-15-13-26)18(27)24-21(16-22)8-10-25(4)11-9-21/h17H,5-15H2,1-4H3,(H,23,28)(H,24,27)/t17-/m1/s1. The highest BCUT2D eigenvalue weighted by Gasteiger charge is 2.38. The van der Waals surface area contributed by atoms with Crippen molar-refractivity contribution < 1.29 is 14.3 Å². The molecule has 3 amide bonds. The summed E-state index contributed by atoms with van der Waals surface area (Å²) in [6.07, 6.45) is 3.54. The molecule has 0 aromatic rings. The molecule has 8 heteroatoms. The van der Waals surface area contributed by atoms with Gasteiger partial charge in [0.25, 0.3) is 0 Å². The van der Waals surface area contributed by atoms with E-state index in [1.165, 1.54) is 0 Å². The Hall–Kier alpha value is -1.85. The molecule has 8 nitrogen and oxygen atoms in total. The number of urea groups is 1. The monoisotopic (exact) mass is 407 g/mol. The molecule has 0 saturated carbocycles. The van der Waals surface area contributed by atoms with Crippen LogP contribution in [0.2, 0.25) is 0 Å². The molecule has 164 valence electrons. The molecule has 2 fully saturated rings. The summed E-state index contributed by atoms with van der Waals surface area (Å²) in [6, 6.07) is 1.44. The maximum absolute atomic E-state index is 13.1. The number of carbonyl (C=O) groups excluding carboxylic acids is 2. The quantitative estimate of drug-likeness (QED) is 0.670. The molecule has 2 saturated heterocycles. The number of piperidine rings is 1. The third-order valence-electron chi connectivity index (χ3n) is 6.40.